The van der Waals surface area contributed by atoms with Gasteiger partial charge in [0.15, 0.2) is 0 Å². The molecule has 0 aromatic carbocycles. The molecule has 1 unspecified atom stereocenters. The molecule has 0 saturated carbocycles. The van der Waals surface area contributed by atoms with Gasteiger partial charge in [0, 0.05) is 33.0 Å². The van der Waals surface area contributed by atoms with Crippen molar-refractivity contribution in [2.24, 2.45) is 5.41 Å². The molecule has 0 fully saturated rings. The van der Waals surface area contributed by atoms with Crippen LogP contribution in [-0.4, -0.2) is 49.6 Å². The zero-order valence-electron chi connectivity index (χ0n) is 14.5. The molecule has 0 spiro atoms. The number of methoxy groups -OCH3 is 1. The van der Waals surface area contributed by atoms with Crippen LogP contribution in [-0.2, 0) is 14.3 Å². The van der Waals surface area contributed by atoms with Crippen molar-refractivity contribution in [3.05, 3.63) is 0 Å². The van der Waals surface area contributed by atoms with Gasteiger partial charge in [-0.15, -0.1) is 0 Å². The molecule has 5 nitrogen and oxygen atoms in total. The third-order valence-electron chi connectivity index (χ3n) is 3.27. The fourth-order valence-corrected chi connectivity index (χ4v) is 2.35. The third kappa shape index (κ3) is 9.45. The number of nitrogens with one attached hydrogen (secondary N) is 1. The molecular formula is C16H32N2O3. The van der Waals surface area contributed by atoms with E-state index in [0.29, 0.717) is 19.7 Å². The fourth-order valence-electron chi connectivity index (χ4n) is 2.35. The quantitative estimate of drug-likeness (QED) is 0.710. The highest BCUT2D eigenvalue weighted by Crippen LogP contribution is 2.21. The summed E-state index contributed by atoms with van der Waals surface area (Å²) in [5, 5.41) is 2.97. The van der Waals surface area contributed by atoms with Crippen LogP contribution >= 0.6 is 0 Å². The highest BCUT2D eigenvalue weighted by atomic mass is 16.5. The van der Waals surface area contributed by atoms with E-state index in [2.05, 4.69) is 26.1 Å². The maximum Gasteiger partial charge on any atom is 0.223 e. The Morgan fingerprint density at radius 2 is 1.71 bits per heavy atom. The first kappa shape index (κ1) is 19.9. The average Bonchev–Trinajstić information content (AvgIpc) is 2.36. The highest BCUT2D eigenvalue weighted by Gasteiger charge is 2.21. The van der Waals surface area contributed by atoms with Crippen LogP contribution in [0.25, 0.3) is 0 Å². The van der Waals surface area contributed by atoms with Crippen molar-refractivity contribution in [3.8, 4) is 0 Å². The smallest absolute Gasteiger partial charge is 0.223 e. The van der Waals surface area contributed by atoms with Gasteiger partial charge >= 0.3 is 0 Å². The van der Waals surface area contributed by atoms with Crippen LogP contribution < -0.4 is 5.32 Å². The molecular weight excluding hydrogens is 268 g/mol. The van der Waals surface area contributed by atoms with Gasteiger partial charge in [-0.1, -0.05) is 20.8 Å². The number of carbonyl (C=O) groups is 2. The van der Waals surface area contributed by atoms with Crippen molar-refractivity contribution < 1.29 is 14.3 Å². The molecule has 0 heterocycles. The molecule has 21 heavy (non-hydrogen) atoms. The molecule has 1 N–H and O–H groups in total. The molecule has 5 heteroatoms. The number of carbonyl (C=O) groups excluding carboxylic acids is 2. The van der Waals surface area contributed by atoms with E-state index in [0.717, 1.165) is 6.42 Å². The fraction of sp³-hybridized carbons (Fsp3) is 0.875. The predicted octanol–water partition coefficient (Wildman–Crippen LogP) is 2.20. The number of ether oxygens (including phenoxy) is 1. The molecule has 0 aliphatic heterocycles. The zero-order valence-corrected chi connectivity index (χ0v) is 14.5. The van der Waals surface area contributed by atoms with Crippen LogP contribution in [0.5, 0.6) is 0 Å². The van der Waals surface area contributed by atoms with E-state index < -0.39 is 0 Å². The summed E-state index contributed by atoms with van der Waals surface area (Å²) in [7, 11) is 1.63. The molecule has 0 bridgehead atoms. The van der Waals surface area contributed by atoms with Gasteiger partial charge in [-0.05, 0) is 25.7 Å². The van der Waals surface area contributed by atoms with Crippen molar-refractivity contribution >= 4 is 11.8 Å². The molecule has 0 aromatic heterocycles. The summed E-state index contributed by atoms with van der Waals surface area (Å²) in [5.41, 5.74) is 0.119. The standard InChI is InChI=1S/C16H32N2O3/c1-7-18(8-2)15(20)10-9-14(19)17-13(12-21-6)11-16(3,4)5/h13H,7-12H2,1-6H3,(H,17,19). The number of amides is 2. The topological polar surface area (TPSA) is 58.6 Å². The first-order valence-electron chi connectivity index (χ1n) is 7.79. The Hall–Kier alpha value is -1.10. The summed E-state index contributed by atoms with van der Waals surface area (Å²) in [6.07, 6.45) is 1.35. The Morgan fingerprint density at radius 3 is 2.14 bits per heavy atom. The second kappa shape index (κ2) is 9.77. The summed E-state index contributed by atoms with van der Waals surface area (Å²) in [5.74, 6) is -0.0453. The molecule has 0 aromatic rings. The summed E-state index contributed by atoms with van der Waals surface area (Å²) in [4.78, 5) is 25.6. The van der Waals surface area contributed by atoms with Gasteiger partial charge in [0.2, 0.25) is 11.8 Å². The molecule has 0 rings (SSSR count). The molecule has 0 aliphatic rings. The van der Waals surface area contributed by atoms with E-state index in [9.17, 15) is 9.59 Å². The van der Waals surface area contributed by atoms with Gasteiger partial charge in [-0.3, -0.25) is 9.59 Å². The van der Waals surface area contributed by atoms with Gasteiger partial charge < -0.3 is 15.0 Å². The Bertz CT molecular complexity index is 320. The average molecular weight is 300 g/mol. The van der Waals surface area contributed by atoms with Crippen LogP contribution in [0.4, 0.5) is 0 Å². The van der Waals surface area contributed by atoms with Crippen molar-refractivity contribution in [3.63, 3.8) is 0 Å². The lowest BCUT2D eigenvalue weighted by molar-refractivity contribution is -0.133. The lowest BCUT2D eigenvalue weighted by Crippen LogP contribution is -2.41. The molecule has 2 amide bonds. The number of rotatable bonds is 9. The number of nitrogens with zero attached hydrogens (tertiary/aromatic N) is 1. The Morgan fingerprint density at radius 1 is 1.14 bits per heavy atom. The first-order chi connectivity index (χ1) is 9.73. The van der Waals surface area contributed by atoms with Crippen molar-refractivity contribution in [1.29, 1.82) is 0 Å². The summed E-state index contributed by atoms with van der Waals surface area (Å²) in [6.45, 7) is 12.1. The van der Waals surface area contributed by atoms with E-state index >= 15 is 0 Å². The van der Waals surface area contributed by atoms with E-state index in [1.165, 1.54) is 0 Å². The SMILES string of the molecule is CCN(CC)C(=O)CCC(=O)NC(COC)CC(C)(C)C. The molecule has 0 aliphatic carbocycles. The van der Waals surface area contributed by atoms with Crippen molar-refractivity contribution in [1.82, 2.24) is 10.2 Å². The minimum absolute atomic E-state index is 0.00828. The summed E-state index contributed by atoms with van der Waals surface area (Å²) < 4.78 is 5.16. The maximum atomic E-state index is 12.0. The molecule has 0 saturated heterocycles. The Kier molecular flexibility index (Phi) is 9.26. The minimum Gasteiger partial charge on any atom is -0.383 e. The summed E-state index contributed by atoms with van der Waals surface area (Å²) >= 11 is 0. The van der Waals surface area contributed by atoms with Gasteiger partial charge in [0.05, 0.1) is 12.6 Å². The van der Waals surface area contributed by atoms with Crippen LogP contribution in [0, 0.1) is 5.41 Å². The number of hydrogen-bond donors (Lipinski definition) is 1. The maximum absolute atomic E-state index is 12.0. The van der Waals surface area contributed by atoms with E-state index in [-0.39, 0.29) is 36.1 Å². The van der Waals surface area contributed by atoms with Gasteiger partial charge in [-0.2, -0.15) is 0 Å². The third-order valence-corrected chi connectivity index (χ3v) is 3.27. The summed E-state index contributed by atoms with van der Waals surface area (Å²) in [6, 6.07) is -0.00828. The largest absolute Gasteiger partial charge is 0.383 e. The van der Waals surface area contributed by atoms with Gasteiger partial charge in [0.1, 0.15) is 0 Å². The van der Waals surface area contributed by atoms with E-state index in [1.807, 2.05) is 13.8 Å². The van der Waals surface area contributed by atoms with Crippen molar-refractivity contribution in [2.75, 3.05) is 26.8 Å². The molecule has 1 atom stereocenters. The van der Waals surface area contributed by atoms with Gasteiger partial charge in [0.25, 0.3) is 0 Å². The van der Waals surface area contributed by atoms with Crippen molar-refractivity contribution in [2.45, 2.75) is 59.9 Å². The minimum atomic E-state index is -0.0817. The lowest BCUT2D eigenvalue weighted by atomic mass is 9.88. The van der Waals surface area contributed by atoms with E-state index in [1.54, 1.807) is 12.0 Å². The second-order valence-electron chi connectivity index (χ2n) is 6.55. The molecule has 0 radical (unpaired) electrons. The normalized spacial score (nSPS) is 12.9. The number of hydrogen-bond acceptors (Lipinski definition) is 3. The lowest BCUT2D eigenvalue weighted by Gasteiger charge is -2.26. The molecule has 124 valence electrons. The Labute approximate surface area is 129 Å². The van der Waals surface area contributed by atoms with Crippen LogP contribution in [0.15, 0.2) is 0 Å². The first-order valence-corrected chi connectivity index (χ1v) is 7.79. The van der Waals surface area contributed by atoms with Crippen LogP contribution in [0.3, 0.4) is 0 Å². The van der Waals surface area contributed by atoms with E-state index in [4.69, 9.17) is 4.74 Å². The monoisotopic (exact) mass is 300 g/mol. The predicted molar refractivity (Wildman–Crippen MR) is 85.0 cm³/mol. The Balaban J connectivity index is 4.28. The second-order valence-corrected chi connectivity index (χ2v) is 6.55. The van der Waals surface area contributed by atoms with Crippen LogP contribution in [0.1, 0.15) is 53.9 Å². The van der Waals surface area contributed by atoms with Gasteiger partial charge in [-0.25, -0.2) is 0 Å². The highest BCUT2D eigenvalue weighted by molar-refractivity contribution is 5.83. The zero-order chi connectivity index (χ0) is 16.5. The van der Waals surface area contributed by atoms with Crippen LogP contribution in [0.2, 0.25) is 0 Å².